The molecule has 0 aliphatic rings. The fourth-order valence-corrected chi connectivity index (χ4v) is 2.77. The van der Waals surface area contributed by atoms with E-state index in [1.165, 1.54) is 24.7 Å². The number of amides is 2. The zero-order valence-electron chi connectivity index (χ0n) is 15.9. The summed E-state index contributed by atoms with van der Waals surface area (Å²) in [4.78, 5) is 24.0. The highest BCUT2D eigenvalue weighted by Crippen LogP contribution is 2.36. The van der Waals surface area contributed by atoms with E-state index in [9.17, 15) is 22.8 Å². The lowest BCUT2D eigenvalue weighted by Gasteiger charge is -2.16. The van der Waals surface area contributed by atoms with Gasteiger partial charge in [-0.25, -0.2) is 0 Å². The molecule has 0 atom stereocenters. The van der Waals surface area contributed by atoms with Gasteiger partial charge in [-0.2, -0.15) is 13.2 Å². The third-order valence-electron chi connectivity index (χ3n) is 4.21. The lowest BCUT2D eigenvalue weighted by atomic mass is 10.1. The molecule has 0 fully saturated rings. The number of rotatable bonds is 7. The lowest BCUT2D eigenvalue weighted by Crippen LogP contribution is -2.30. The van der Waals surface area contributed by atoms with E-state index >= 15 is 0 Å². The van der Waals surface area contributed by atoms with Crippen molar-refractivity contribution >= 4 is 34.8 Å². The Morgan fingerprint density at radius 2 is 1.77 bits per heavy atom. The van der Waals surface area contributed by atoms with Gasteiger partial charge in [-0.3, -0.25) is 9.59 Å². The molecule has 2 aromatic carbocycles. The van der Waals surface area contributed by atoms with E-state index in [2.05, 4.69) is 16.0 Å². The molecule has 31 heavy (non-hydrogen) atoms. The van der Waals surface area contributed by atoms with Crippen LogP contribution in [-0.4, -0.2) is 18.4 Å². The molecule has 0 radical (unpaired) electrons. The third kappa shape index (κ3) is 6.26. The van der Waals surface area contributed by atoms with Crippen molar-refractivity contribution in [2.45, 2.75) is 12.7 Å². The minimum atomic E-state index is -4.70. The molecule has 0 bridgehead atoms. The fourth-order valence-electron chi connectivity index (χ4n) is 2.65. The number of anilines is 2. The maximum atomic E-state index is 13.5. The zero-order chi connectivity index (χ0) is 22.4. The van der Waals surface area contributed by atoms with Gasteiger partial charge in [-0.1, -0.05) is 23.7 Å². The summed E-state index contributed by atoms with van der Waals surface area (Å²) in [6.45, 7) is -0.153. The van der Waals surface area contributed by atoms with E-state index < -0.39 is 23.6 Å². The predicted octanol–water partition coefficient (Wildman–Crippen LogP) is 4.93. The van der Waals surface area contributed by atoms with Gasteiger partial charge in [0.2, 0.25) is 5.91 Å². The van der Waals surface area contributed by atoms with Gasteiger partial charge in [0.25, 0.3) is 5.91 Å². The first-order valence-electron chi connectivity index (χ1n) is 9.02. The first-order valence-corrected chi connectivity index (χ1v) is 9.40. The smallest absolute Gasteiger partial charge is 0.418 e. The van der Waals surface area contributed by atoms with Gasteiger partial charge in [0.1, 0.15) is 6.26 Å². The van der Waals surface area contributed by atoms with Crippen molar-refractivity contribution in [1.29, 1.82) is 0 Å². The second-order valence-corrected chi connectivity index (χ2v) is 6.92. The SMILES string of the molecule is O=C(CNc1ccc(NC(=O)c2ccoc2)cc1C(F)(F)F)NCc1ccc(Cl)cc1. The van der Waals surface area contributed by atoms with Crippen molar-refractivity contribution in [1.82, 2.24) is 5.32 Å². The summed E-state index contributed by atoms with van der Waals surface area (Å²) >= 11 is 5.79. The molecule has 10 heteroatoms. The topological polar surface area (TPSA) is 83.4 Å². The summed E-state index contributed by atoms with van der Waals surface area (Å²) in [6, 6.07) is 11.4. The Kier molecular flexibility index (Phi) is 6.86. The van der Waals surface area contributed by atoms with Crippen LogP contribution in [0.25, 0.3) is 0 Å². The number of nitrogens with one attached hydrogen (secondary N) is 3. The highest BCUT2D eigenvalue weighted by atomic mass is 35.5. The maximum absolute atomic E-state index is 13.5. The molecular weight excluding hydrogens is 435 g/mol. The molecule has 3 rings (SSSR count). The number of hydrogen-bond acceptors (Lipinski definition) is 4. The van der Waals surface area contributed by atoms with Gasteiger partial charge in [-0.05, 0) is 42.0 Å². The van der Waals surface area contributed by atoms with Crippen LogP contribution in [0.4, 0.5) is 24.5 Å². The van der Waals surface area contributed by atoms with Crippen molar-refractivity contribution in [3.8, 4) is 0 Å². The van der Waals surface area contributed by atoms with Gasteiger partial charge in [0.15, 0.2) is 0 Å². The number of alkyl halides is 3. The van der Waals surface area contributed by atoms with Crippen LogP contribution in [0.1, 0.15) is 21.5 Å². The average molecular weight is 452 g/mol. The van der Waals surface area contributed by atoms with Crippen molar-refractivity contribution < 1.29 is 27.2 Å². The highest BCUT2D eigenvalue weighted by molar-refractivity contribution is 6.30. The van der Waals surface area contributed by atoms with Crippen molar-refractivity contribution in [2.75, 3.05) is 17.2 Å². The number of halogens is 4. The number of hydrogen-bond donors (Lipinski definition) is 3. The number of benzene rings is 2. The van der Waals surface area contributed by atoms with E-state index in [0.717, 1.165) is 17.7 Å². The first-order chi connectivity index (χ1) is 14.7. The number of carbonyl (C=O) groups excluding carboxylic acids is 2. The second kappa shape index (κ2) is 9.57. The van der Waals surface area contributed by atoms with Crippen LogP contribution in [-0.2, 0) is 17.5 Å². The summed E-state index contributed by atoms with van der Waals surface area (Å²) in [5.74, 6) is -1.09. The van der Waals surface area contributed by atoms with Crippen molar-refractivity contribution in [3.05, 3.63) is 82.8 Å². The van der Waals surface area contributed by atoms with Gasteiger partial charge in [0.05, 0.1) is 23.9 Å². The van der Waals surface area contributed by atoms with Gasteiger partial charge in [-0.15, -0.1) is 0 Å². The van der Waals surface area contributed by atoms with Gasteiger partial charge < -0.3 is 20.4 Å². The molecule has 162 valence electrons. The monoisotopic (exact) mass is 451 g/mol. The minimum Gasteiger partial charge on any atom is -0.472 e. The van der Waals surface area contributed by atoms with E-state index in [1.807, 2.05) is 0 Å². The Morgan fingerprint density at radius 3 is 2.42 bits per heavy atom. The molecule has 0 aliphatic heterocycles. The Morgan fingerprint density at radius 1 is 1.03 bits per heavy atom. The Bertz CT molecular complexity index is 1050. The lowest BCUT2D eigenvalue weighted by molar-refractivity contribution is -0.137. The highest BCUT2D eigenvalue weighted by Gasteiger charge is 2.34. The summed E-state index contributed by atoms with van der Waals surface area (Å²) in [5.41, 5.74) is -0.366. The molecular formula is C21H17ClF3N3O3. The molecule has 6 nitrogen and oxygen atoms in total. The van der Waals surface area contributed by atoms with Crippen LogP contribution in [0.2, 0.25) is 5.02 Å². The fraction of sp³-hybridized carbons (Fsp3) is 0.143. The second-order valence-electron chi connectivity index (χ2n) is 6.48. The van der Waals surface area contributed by atoms with Crippen molar-refractivity contribution in [3.63, 3.8) is 0 Å². The van der Waals surface area contributed by atoms with E-state index in [0.29, 0.717) is 5.02 Å². The Balaban J connectivity index is 1.63. The Labute approximate surface area is 180 Å². The largest absolute Gasteiger partial charge is 0.472 e. The van der Waals surface area contributed by atoms with E-state index in [1.54, 1.807) is 24.3 Å². The molecule has 0 spiro atoms. The maximum Gasteiger partial charge on any atom is 0.418 e. The summed E-state index contributed by atoms with van der Waals surface area (Å²) in [5, 5.41) is 8.03. The number of furan rings is 1. The summed E-state index contributed by atoms with van der Waals surface area (Å²) < 4.78 is 45.2. The van der Waals surface area contributed by atoms with Gasteiger partial charge in [0, 0.05) is 22.9 Å². The molecule has 1 aromatic heterocycles. The number of carbonyl (C=O) groups is 2. The summed E-state index contributed by atoms with van der Waals surface area (Å²) in [6.07, 6.45) is -2.24. The molecule has 1 heterocycles. The first kappa shape index (κ1) is 22.2. The van der Waals surface area contributed by atoms with E-state index in [-0.39, 0.29) is 30.0 Å². The summed E-state index contributed by atoms with van der Waals surface area (Å²) in [7, 11) is 0. The molecule has 0 aliphatic carbocycles. The standard InChI is InChI=1S/C21H17ClF3N3O3/c22-15-3-1-13(2-4-15)10-27-19(29)11-26-18-6-5-16(9-17(18)21(23,24)25)28-20(30)14-7-8-31-12-14/h1-9,12,26H,10-11H2,(H,27,29)(H,28,30). The molecule has 3 N–H and O–H groups in total. The molecule has 0 unspecified atom stereocenters. The minimum absolute atomic E-state index is 0.0451. The predicted molar refractivity (Wildman–Crippen MR) is 110 cm³/mol. The normalized spacial score (nSPS) is 11.1. The third-order valence-corrected chi connectivity index (χ3v) is 4.46. The molecule has 3 aromatic rings. The Hall–Kier alpha value is -3.46. The van der Waals surface area contributed by atoms with Gasteiger partial charge >= 0.3 is 6.18 Å². The van der Waals surface area contributed by atoms with Crippen molar-refractivity contribution in [2.24, 2.45) is 0 Å². The molecule has 2 amide bonds. The van der Waals surface area contributed by atoms with E-state index in [4.69, 9.17) is 16.0 Å². The zero-order valence-corrected chi connectivity index (χ0v) is 16.7. The van der Waals surface area contributed by atoms with Crippen LogP contribution in [0, 0.1) is 0 Å². The van der Waals surface area contributed by atoms with Crippen LogP contribution in [0.3, 0.4) is 0 Å². The van der Waals surface area contributed by atoms with Crippen LogP contribution in [0.15, 0.2) is 65.5 Å². The van der Waals surface area contributed by atoms with Crippen LogP contribution < -0.4 is 16.0 Å². The van der Waals surface area contributed by atoms with Crippen LogP contribution in [0.5, 0.6) is 0 Å². The average Bonchev–Trinajstić information content (AvgIpc) is 3.27. The molecule has 0 saturated carbocycles. The van der Waals surface area contributed by atoms with Crippen LogP contribution >= 0.6 is 11.6 Å². The quantitative estimate of drug-likeness (QED) is 0.475. The molecule has 0 saturated heterocycles.